The molecule has 0 aliphatic carbocycles. The number of carbonyl (C=O) groups excluding carboxylic acids is 1. The first-order chi connectivity index (χ1) is 13.0. The molecule has 1 aromatic carbocycles. The van der Waals surface area contributed by atoms with E-state index in [9.17, 15) is 13.2 Å². The summed E-state index contributed by atoms with van der Waals surface area (Å²) in [7, 11) is -3.49. The molecule has 2 saturated heterocycles. The molecule has 2 aliphatic rings. The summed E-state index contributed by atoms with van der Waals surface area (Å²) < 4.78 is 27.2. The van der Waals surface area contributed by atoms with Gasteiger partial charge < -0.3 is 10.6 Å². The Kier molecular flexibility index (Phi) is 6.89. The summed E-state index contributed by atoms with van der Waals surface area (Å²) in [6.07, 6.45) is 5.58. The second kappa shape index (κ2) is 9.17. The van der Waals surface area contributed by atoms with E-state index in [0.717, 1.165) is 45.2 Å². The Morgan fingerprint density at radius 2 is 1.93 bits per heavy atom. The van der Waals surface area contributed by atoms with Gasteiger partial charge in [-0.3, -0.25) is 4.79 Å². The molecule has 1 unspecified atom stereocenters. The summed E-state index contributed by atoms with van der Waals surface area (Å²) in [5.74, 6) is 0.851. The summed E-state index contributed by atoms with van der Waals surface area (Å²) in [5.41, 5.74) is 0.551. The van der Waals surface area contributed by atoms with E-state index in [1.165, 1.54) is 0 Å². The van der Waals surface area contributed by atoms with Crippen LogP contribution in [-0.4, -0.2) is 44.8 Å². The lowest BCUT2D eigenvalue weighted by atomic mass is 9.84. The molecule has 0 bridgehead atoms. The average molecular weight is 394 g/mol. The SMILES string of the molecule is CC(CC(=O)Nc1cccc(S(=O)(=O)N2CCCCC2)c1)C1CCNCC1. The molecular weight excluding hydrogens is 362 g/mol. The van der Waals surface area contributed by atoms with Gasteiger partial charge in [0.25, 0.3) is 0 Å². The van der Waals surface area contributed by atoms with Gasteiger partial charge in [0.15, 0.2) is 0 Å². The van der Waals surface area contributed by atoms with E-state index in [-0.39, 0.29) is 10.8 Å². The predicted octanol–water partition coefficient (Wildman–Crippen LogP) is 2.83. The van der Waals surface area contributed by atoms with Crippen molar-refractivity contribution in [3.63, 3.8) is 0 Å². The zero-order chi connectivity index (χ0) is 19.3. The van der Waals surface area contributed by atoms with Gasteiger partial charge in [-0.15, -0.1) is 0 Å². The molecule has 0 aromatic heterocycles. The van der Waals surface area contributed by atoms with Crippen molar-refractivity contribution in [3.05, 3.63) is 24.3 Å². The van der Waals surface area contributed by atoms with Gasteiger partial charge in [0.2, 0.25) is 15.9 Å². The molecule has 2 heterocycles. The van der Waals surface area contributed by atoms with Crippen molar-refractivity contribution in [1.29, 1.82) is 0 Å². The van der Waals surface area contributed by atoms with E-state index in [1.807, 2.05) is 0 Å². The van der Waals surface area contributed by atoms with Gasteiger partial charge in [0, 0.05) is 25.2 Å². The van der Waals surface area contributed by atoms with Gasteiger partial charge in [0.05, 0.1) is 4.90 Å². The Bertz CT molecular complexity index is 739. The fourth-order valence-electron chi connectivity index (χ4n) is 4.07. The Hall–Kier alpha value is -1.44. The molecule has 1 amide bonds. The fraction of sp³-hybridized carbons (Fsp3) is 0.650. The second-order valence-electron chi connectivity index (χ2n) is 7.81. The maximum absolute atomic E-state index is 12.8. The molecule has 2 aliphatic heterocycles. The van der Waals surface area contributed by atoms with Gasteiger partial charge >= 0.3 is 0 Å². The van der Waals surface area contributed by atoms with Crippen molar-refractivity contribution >= 4 is 21.6 Å². The van der Waals surface area contributed by atoms with Crippen molar-refractivity contribution in [2.75, 3.05) is 31.5 Å². The fourth-order valence-corrected chi connectivity index (χ4v) is 5.64. The third kappa shape index (κ3) is 5.30. The third-order valence-corrected chi connectivity index (χ3v) is 7.66. The zero-order valence-corrected chi connectivity index (χ0v) is 16.9. The van der Waals surface area contributed by atoms with Crippen LogP contribution in [0.15, 0.2) is 29.2 Å². The number of piperidine rings is 2. The van der Waals surface area contributed by atoms with E-state index in [2.05, 4.69) is 17.6 Å². The first-order valence-corrected chi connectivity index (χ1v) is 11.5. The number of anilines is 1. The minimum atomic E-state index is -3.49. The van der Waals surface area contributed by atoms with Crippen LogP contribution in [0.5, 0.6) is 0 Å². The van der Waals surface area contributed by atoms with Crippen LogP contribution in [0.4, 0.5) is 5.69 Å². The molecule has 2 N–H and O–H groups in total. The number of carbonyl (C=O) groups is 1. The molecule has 150 valence electrons. The lowest BCUT2D eigenvalue weighted by molar-refractivity contribution is -0.117. The monoisotopic (exact) mass is 393 g/mol. The highest BCUT2D eigenvalue weighted by Crippen LogP contribution is 2.26. The van der Waals surface area contributed by atoms with Crippen LogP contribution in [0.2, 0.25) is 0 Å². The van der Waals surface area contributed by atoms with E-state index in [1.54, 1.807) is 28.6 Å². The molecule has 7 heteroatoms. The molecule has 1 atom stereocenters. The topological polar surface area (TPSA) is 78.5 Å². The van der Waals surface area contributed by atoms with E-state index >= 15 is 0 Å². The van der Waals surface area contributed by atoms with Crippen LogP contribution >= 0.6 is 0 Å². The molecule has 27 heavy (non-hydrogen) atoms. The Morgan fingerprint density at radius 3 is 2.63 bits per heavy atom. The number of hydrogen-bond acceptors (Lipinski definition) is 4. The Balaban J connectivity index is 1.62. The molecule has 0 spiro atoms. The summed E-state index contributed by atoms with van der Waals surface area (Å²) in [6.45, 7) is 5.33. The molecule has 6 nitrogen and oxygen atoms in total. The molecule has 1 aromatic rings. The van der Waals surface area contributed by atoms with Crippen LogP contribution in [0.25, 0.3) is 0 Å². The average Bonchev–Trinajstić information content (AvgIpc) is 2.69. The second-order valence-corrected chi connectivity index (χ2v) is 9.75. The molecule has 2 fully saturated rings. The van der Waals surface area contributed by atoms with Crippen molar-refractivity contribution in [3.8, 4) is 0 Å². The minimum Gasteiger partial charge on any atom is -0.326 e. The molecule has 3 rings (SSSR count). The van der Waals surface area contributed by atoms with Gasteiger partial charge in [-0.1, -0.05) is 19.4 Å². The number of sulfonamides is 1. The summed E-state index contributed by atoms with van der Waals surface area (Å²) >= 11 is 0. The number of nitrogens with one attached hydrogen (secondary N) is 2. The highest BCUT2D eigenvalue weighted by atomic mass is 32.2. The smallest absolute Gasteiger partial charge is 0.243 e. The number of nitrogens with zero attached hydrogens (tertiary/aromatic N) is 1. The lowest BCUT2D eigenvalue weighted by Crippen LogP contribution is -2.35. The Morgan fingerprint density at radius 1 is 1.22 bits per heavy atom. The van der Waals surface area contributed by atoms with E-state index in [0.29, 0.717) is 37.0 Å². The molecule has 0 radical (unpaired) electrons. The van der Waals surface area contributed by atoms with Crippen LogP contribution in [-0.2, 0) is 14.8 Å². The first-order valence-electron chi connectivity index (χ1n) is 10.1. The van der Waals surface area contributed by atoms with Crippen molar-refractivity contribution in [2.45, 2.75) is 50.3 Å². The number of rotatable bonds is 6. The highest BCUT2D eigenvalue weighted by Gasteiger charge is 2.26. The maximum atomic E-state index is 12.8. The highest BCUT2D eigenvalue weighted by molar-refractivity contribution is 7.89. The number of hydrogen-bond donors (Lipinski definition) is 2. The van der Waals surface area contributed by atoms with Gasteiger partial charge in [-0.05, 0) is 68.8 Å². The maximum Gasteiger partial charge on any atom is 0.243 e. The standard InChI is InChI=1S/C20H31N3O3S/c1-16(17-8-10-21-11-9-17)14-20(24)22-18-6-5-7-19(15-18)27(25,26)23-12-3-2-4-13-23/h5-7,15-17,21H,2-4,8-14H2,1H3,(H,22,24). The van der Waals surface area contributed by atoms with Crippen LogP contribution < -0.4 is 10.6 Å². The van der Waals surface area contributed by atoms with Crippen molar-refractivity contribution in [1.82, 2.24) is 9.62 Å². The van der Waals surface area contributed by atoms with Crippen molar-refractivity contribution < 1.29 is 13.2 Å². The first kappa shape index (κ1) is 20.3. The van der Waals surface area contributed by atoms with Crippen LogP contribution in [0.1, 0.15) is 45.4 Å². The minimum absolute atomic E-state index is 0.0476. The normalized spacial score (nSPS) is 20.9. The van der Waals surface area contributed by atoms with Gasteiger partial charge in [0.1, 0.15) is 0 Å². The summed E-state index contributed by atoms with van der Waals surface area (Å²) in [5, 5.41) is 6.24. The van der Waals surface area contributed by atoms with Crippen LogP contribution in [0, 0.1) is 11.8 Å². The molecule has 0 saturated carbocycles. The van der Waals surface area contributed by atoms with Crippen molar-refractivity contribution in [2.24, 2.45) is 11.8 Å². The number of amides is 1. The largest absolute Gasteiger partial charge is 0.326 e. The van der Waals surface area contributed by atoms with Crippen LogP contribution in [0.3, 0.4) is 0 Å². The van der Waals surface area contributed by atoms with E-state index in [4.69, 9.17) is 0 Å². The summed E-state index contributed by atoms with van der Waals surface area (Å²) in [6, 6.07) is 6.64. The van der Waals surface area contributed by atoms with Gasteiger partial charge in [-0.2, -0.15) is 4.31 Å². The molecular formula is C20H31N3O3S. The quantitative estimate of drug-likeness (QED) is 0.779. The van der Waals surface area contributed by atoms with E-state index < -0.39 is 10.0 Å². The third-order valence-electron chi connectivity index (χ3n) is 5.77. The summed E-state index contributed by atoms with van der Waals surface area (Å²) in [4.78, 5) is 12.7. The lowest BCUT2D eigenvalue weighted by Gasteiger charge is -2.28. The number of benzene rings is 1. The predicted molar refractivity (Wildman–Crippen MR) is 107 cm³/mol. The van der Waals surface area contributed by atoms with Gasteiger partial charge in [-0.25, -0.2) is 8.42 Å². The Labute approximate surface area is 162 Å². The zero-order valence-electron chi connectivity index (χ0n) is 16.1.